The number of hydrogen-bond donors (Lipinski definition) is 1. The summed E-state index contributed by atoms with van der Waals surface area (Å²) in [6.45, 7) is 2.93. The molecule has 0 aromatic carbocycles. The highest BCUT2D eigenvalue weighted by molar-refractivity contribution is 7.15. The second-order valence-electron chi connectivity index (χ2n) is 3.30. The molecule has 0 radical (unpaired) electrons. The fraction of sp³-hybridized carbons (Fsp3) is 0.556. The van der Waals surface area contributed by atoms with Crippen molar-refractivity contribution in [2.24, 2.45) is 0 Å². The predicted molar refractivity (Wildman–Crippen MR) is 59.4 cm³/mol. The summed E-state index contributed by atoms with van der Waals surface area (Å²) in [6, 6.07) is 0. The van der Waals surface area contributed by atoms with Crippen LogP contribution in [0.3, 0.4) is 0 Å². The number of thiazole rings is 1. The van der Waals surface area contributed by atoms with Crippen LogP contribution in [0.4, 0.5) is 5.13 Å². The molecule has 4 nitrogen and oxygen atoms in total. The molecule has 0 aliphatic carbocycles. The summed E-state index contributed by atoms with van der Waals surface area (Å²) in [6.07, 6.45) is 0.818. The van der Waals surface area contributed by atoms with Gasteiger partial charge in [0.1, 0.15) is 5.38 Å². The third-order valence-corrected chi connectivity index (χ3v) is 3.27. The Morgan fingerprint density at radius 1 is 1.73 bits per heavy atom. The number of halogens is 1. The van der Waals surface area contributed by atoms with Crippen molar-refractivity contribution in [2.45, 2.75) is 25.3 Å². The maximum atomic E-state index is 11.3. The summed E-state index contributed by atoms with van der Waals surface area (Å²) in [5.74, 6) is -0.219. The van der Waals surface area contributed by atoms with Crippen LogP contribution in [-0.4, -0.2) is 22.9 Å². The van der Waals surface area contributed by atoms with Crippen molar-refractivity contribution < 1.29 is 9.53 Å². The average molecular weight is 247 g/mol. The van der Waals surface area contributed by atoms with Gasteiger partial charge in [0.2, 0.25) is 5.91 Å². The van der Waals surface area contributed by atoms with E-state index in [4.69, 9.17) is 16.3 Å². The lowest BCUT2D eigenvalue weighted by Gasteiger charge is -2.08. The summed E-state index contributed by atoms with van der Waals surface area (Å²) in [7, 11) is 0. The summed E-state index contributed by atoms with van der Waals surface area (Å²) >= 11 is 7.10. The number of nitrogens with zero attached hydrogens (tertiary/aromatic N) is 1. The van der Waals surface area contributed by atoms with Crippen molar-refractivity contribution in [2.75, 3.05) is 11.9 Å². The van der Waals surface area contributed by atoms with Crippen LogP contribution in [0.1, 0.15) is 17.5 Å². The third kappa shape index (κ3) is 2.48. The van der Waals surface area contributed by atoms with Crippen molar-refractivity contribution in [3.05, 3.63) is 10.6 Å². The molecule has 15 heavy (non-hydrogen) atoms. The Bertz CT molecular complexity index is 355. The molecule has 0 spiro atoms. The number of ether oxygens (including phenoxy) is 1. The highest BCUT2D eigenvalue weighted by Crippen LogP contribution is 2.27. The Morgan fingerprint density at radius 3 is 3.20 bits per heavy atom. The summed E-state index contributed by atoms with van der Waals surface area (Å²) in [5, 5.41) is 2.75. The molecule has 1 aliphatic rings. The van der Waals surface area contributed by atoms with E-state index in [2.05, 4.69) is 10.3 Å². The average Bonchev–Trinajstić information content (AvgIpc) is 2.59. The van der Waals surface area contributed by atoms with E-state index in [0.29, 0.717) is 18.3 Å². The van der Waals surface area contributed by atoms with Gasteiger partial charge in [-0.25, -0.2) is 4.98 Å². The Kier molecular flexibility index (Phi) is 3.23. The number of fused-ring (bicyclic) bond motifs is 1. The Hall–Kier alpha value is -0.650. The van der Waals surface area contributed by atoms with Crippen LogP contribution in [0.15, 0.2) is 0 Å². The van der Waals surface area contributed by atoms with Crippen molar-refractivity contribution in [1.82, 2.24) is 4.98 Å². The van der Waals surface area contributed by atoms with Crippen LogP contribution >= 0.6 is 22.9 Å². The quantitative estimate of drug-likeness (QED) is 0.810. The van der Waals surface area contributed by atoms with E-state index in [-0.39, 0.29) is 5.91 Å². The van der Waals surface area contributed by atoms with E-state index in [0.717, 1.165) is 17.0 Å². The van der Waals surface area contributed by atoms with Crippen LogP contribution in [0.2, 0.25) is 0 Å². The van der Waals surface area contributed by atoms with E-state index in [9.17, 15) is 4.79 Å². The first kappa shape index (κ1) is 10.9. The second kappa shape index (κ2) is 4.47. The Labute approximate surface area is 96.6 Å². The molecule has 0 saturated heterocycles. The van der Waals surface area contributed by atoms with Gasteiger partial charge in [0.05, 0.1) is 23.8 Å². The number of amides is 1. The molecular weight excluding hydrogens is 236 g/mol. The fourth-order valence-corrected chi connectivity index (χ4v) is 2.29. The van der Waals surface area contributed by atoms with Crippen LogP contribution in [0.5, 0.6) is 0 Å². The van der Waals surface area contributed by atoms with Crippen LogP contribution in [0, 0.1) is 0 Å². The number of carbonyl (C=O) groups is 1. The van der Waals surface area contributed by atoms with Gasteiger partial charge in [0, 0.05) is 6.42 Å². The number of rotatable bonds is 2. The monoisotopic (exact) mass is 246 g/mol. The predicted octanol–water partition coefficient (Wildman–Crippen LogP) is 1.78. The van der Waals surface area contributed by atoms with Crippen molar-refractivity contribution in [1.29, 1.82) is 0 Å². The molecule has 1 aliphatic heterocycles. The Balaban J connectivity index is 2.09. The number of aromatic nitrogens is 1. The van der Waals surface area contributed by atoms with Crippen molar-refractivity contribution in [3.8, 4) is 0 Å². The first-order valence-corrected chi connectivity index (χ1v) is 5.93. The van der Waals surface area contributed by atoms with Gasteiger partial charge in [-0.1, -0.05) is 11.3 Å². The molecule has 82 valence electrons. The second-order valence-corrected chi connectivity index (χ2v) is 5.04. The van der Waals surface area contributed by atoms with E-state index in [1.54, 1.807) is 6.92 Å². The minimum absolute atomic E-state index is 0.219. The maximum Gasteiger partial charge on any atom is 0.243 e. The molecule has 1 unspecified atom stereocenters. The largest absolute Gasteiger partial charge is 0.375 e. The standard InChI is InChI=1S/C9H11ClN2O2S/c1-5(10)8(13)12-9-11-6-2-3-14-4-7(6)15-9/h5H,2-4H2,1H3,(H,11,12,13). The van der Waals surface area contributed by atoms with E-state index >= 15 is 0 Å². The molecule has 1 amide bonds. The highest BCUT2D eigenvalue weighted by atomic mass is 35.5. The molecule has 1 aromatic rings. The van der Waals surface area contributed by atoms with Gasteiger partial charge in [-0.3, -0.25) is 4.79 Å². The van der Waals surface area contributed by atoms with Gasteiger partial charge >= 0.3 is 0 Å². The van der Waals surface area contributed by atoms with E-state index in [1.165, 1.54) is 11.3 Å². The number of anilines is 1. The minimum Gasteiger partial charge on any atom is -0.375 e. The SMILES string of the molecule is CC(Cl)C(=O)Nc1nc2c(s1)COCC2. The van der Waals surface area contributed by atoms with Crippen LogP contribution in [-0.2, 0) is 22.6 Å². The molecule has 0 bridgehead atoms. The van der Waals surface area contributed by atoms with Gasteiger partial charge in [-0.05, 0) is 6.92 Å². The molecule has 1 atom stereocenters. The molecule has 0 saturated carbocycles. The topological polar surface area (TPSA) is 51.2 Å². The van der Waals surface area contributed by atoms with Crippen LogP contribution < -0.4 is 5.32 Å². The van der Waals surface area contributed by atoms with Gasteiger partial charge < -0.3 is 10.1 Å². The van der Waals surface area contributed by atoms with Gasteiger partial charge in [0.25, 0.3) is 0 Å². The lowest BCUT2D eigenvalue weighted by molar-refractivity contribution is -0.115. The van der Waals surface area contributed by atoms with E-state index < -0.39 is 5.38 Å². The smallest absolute Gasteiger partial charge is 0.243 e. The first-order chi connectivity index (χ1) is 7.16. The molecular formula is C9H11ClN2O2S. The number of hydrogen-bond acceptors (Lipinski definition) is 4. The van der Waals surface area contributed by atoms with Gasteiger partial charge in [-0.15, -0.1) is 11.6 Å². The molecule has 1 N–H and O–H groups in total. The normalized spacial score (nSPS) is 16.9. The fourth-order valence-electron chi connectivity index (χ4n) is 1.28. The Morgan fingerprint density at radius 2 is 2.53 bits per heavy atom. The number of nitrogens with one attached hydrogen (secondary N) is 1. The van der Waals surface area contributed by atoms with Gasteiger partial charge in [0.15, 0.2) is 5.13 Å². The lowest BCUT2D eigenvalue weighted by atomic mass is 10.2. The van der Waals surface area contributed by atoms with Gasteiger partial charge in [-0.2, -0.15) is 0 Å². The zero-order valence-electron chi connectivity index (χ0n) is 8.25. The number of carbonyl (C=O) groups excluding carboxylic acids is 1. The summed E-state index contributed by atoms with van der Waals surface area (Å²) in [5.41, 5.74) is 1.03. The van der Waals surface area contributed by atoms with Crippen molar-refractivity contribution in [3.63, 3.8) is 0 Å². The maximum absolute atomic E-state index is 11.3. The molecule has 2 heterocycles. The third-order valence-electron chi connectivity index (χ3n) is 2.09. The first-order valence-electron chi connectivity index (χ1n) is 4.68. The summed E-state index contributed by atoms with van der Waals surface area (Å²) < 4.78 is 5.29. The molecule has 0 fully saturated rings. The molecule has 1 aromatic heterocycles. The zero-order chi connectivity index (χ0) is 10.8. The highest BCUT2D eigenvalue weighted by Gasteiger charge is 2.17. The zero-order valence-corrected chi connectivity index (χ0v) is 9.82. The number of alkyl halides is 1. The van der Waals surface area contributed by atoms with E-state index in [1.807, 2.05) is 0 Å². The minimum atomic E-state index is -0.540. The lowest BCUT2D eigenvalue weighted by Crippen LogP contribution is -2.20. The molecule has 2 rings (SSSR count). The van der Waals surface area contributed by atoms with Crippen molar-refractivity contribution >= 4 is 34.0 Å². The summed E-state index contributed by atoms with van der Waals surface area (Å²) in [4.78, 5) is 16.7. The van der Waals surface area contributed by atoms with Crippen LogP contribution in [0.25, 0.3) is 0 Å². The molecule has 6 heteroatoms.